The number of hydrogen-bond donors (Lipinski definition) is 1. The van der Waals surface area contributed by atoms with Crippen molar-refractivity contribution in [3.8, 4) is 11.3 Å². The normalized spacial score (nSPS) is 11.1. The Balaban J connectivity index is 1.41. The molecule has 4 rings (SSSR count). The van der Waals surface area contributed by atoms with Crippen molar-refractivity contribution in [1.82, 2.24) is 19.9 Å². The molecular weight excluding hydrogens is 384 g/mol. The minimum Gasteiger partial charge on any atom is -0.356 e. The Bertz CT molecular complexity index is 1210. The van der Waals surface area contributed by atoms with Crippen molar-refractivity contribution in [2.75, 3.05) is 6.54 Å². The number of aryl methyl sites for hydroxylation is 3. The van der Waals surface area contributed by atoms with E-state index in [4.69, 9.17) is 10.1 Å². The van der Waals surface area contributed by atoms with E-state index in [1.165, 1.54) is 11.1 Å². The summed E-state index contributed by atoms with van der Waals surface area (Å²) in [5.41, 5.74) is 8.38. The number of rotatable bonds is 7. The van der Waals surface area contributed by atoms with Crippen LogP contribution in [-0.2, 0) is 17.6 Å². The van der Waals surface area contributed by atoms with Crippen molar-refractivity contribution in [3.63, 3.8) is 0 Å². The number of benzene rings is 2. The Morgan fingerprint density at radius 2 is 1.77 bits per heavy atom. The SMILES string of the molecule is Cc1cccc(CCNC(=O)CCc2c(C)nc3cc(-c4ccccc4)nn3c2C)c1. The molecule has 0 bridgehead atoms. The Morgan fingerprint density at radius 1 is 0.968 bits per heavy atom. The van der Waals surface area contributed by atoms with Crippen LogP contribution in [0.15, 0.2) is 60.7 Å². The van der Waals surface area contributed by atoms with E-state index in [9.17, 15) is 4.79 Å². The van der Waals surface area contributed by atoms with Crippen LogP contribution in [0.25, 0.3) is 16.9 Å². The Hall–Kier alpha value is -3.47. The minimum atomic E-state index is 0.0667. The second kappa shape index (κ2) is 9.13. The fraction of sp³-hybridized carbons (Fsp3) is 0.269. The molecular formula is C26H28N4O. The van der Waals surface area contributed by atoms with E-state index < -0.39 is 0 Å². The molecule has 0 saturated heterocycles. The van der Waals surface area contributed by atoms with Gasteiger partial charge < -0.3 is 5.32 Å². The smallest absolute Gasteiger partial charge is 0.220 e. The van der Waals surface area contributed by atoms with E-state index in [2.05, 4.69) is 43.4 Å². The van der Waals surface area contributed by atoms with Crippen LogP contribution in [-0.4, -0.2) is 27.0 Å². The van der Waals surface area contributed by atoms with Crippen molar-refractivity contribution < 1.29 is 4.79 Å². The van der Waals surface area contributed by atoms with E-state index in [1.54, 1.807) is 0 Å². The second-order valence-electron chi connectivity index (χ2n) is 8.02. The molecule has 2 aromatic carbocycles. The Labute approximate surface area is 183 Å². The highest BCUT2D eigenvalue weighted by Gasteiger charge is 2.14. The molecule has 0 saturated carbocycles. The van der Waals surface area contributed by atoms with Gasteiger partial charge in [0.05, 0.1) is 5.69 Å². The molecule has 0 spiro atoms. The molecule has 2 aromatic heterocycles. The summed E-state index contributed by atoms with van der Waals surface area (Å²) in [7, 11) is 0. The summed E-state index contributed by atoms with van der Waals surface area (Å²) in [6.07, 6.45) is 1.93. The highest BCUT2D eigenvalue weighted by molar-refractivity contribution is 5.76. The summed E-state index contributed by atoms with van der Waals surface area (Å²) in [6, 6.07) is 20.5. The lowest BCUT2D eigenvalue weighted by Crippen LogP contribution is -2.26. The zero-order valence-electron chi connectivity index (χ0n) is 18.4. The van der Waals surface area contributed by atoms with E-state index >= 15 is 0 Å². The fourth-order valence-corrected chi connectivity index (χ4v) is 3.98. The van der Waals surface area contributed by atoms with Crippen LogP contribution >= 0.6 is 0 Å². The summed E-state index contributed by atoms with van der Waals surface area (Å²) >= 11 is 0. The molecule has 5 heteroatoms. The van der Waals surface area contributed by atoms with Gasteiger partial charge in [0.15, 0.2) is 5.65 Å². The second-order valence-corrected chi connectivity index (χ2v) is 8.02. The first-order chi connectivity index (χ1) is 15.0. The topological polar surface area (TPSA) is 59.3 Å². The van der Waals surface area contributed by atoms with Gasteiger partial charge in [-0.3, -0.25) is 4.79 Å². The molecule has 4 aromatic rings. The average molecular weight is 413 g/mol. The van der Waals surface area contributed by atoms with Crippen LogP contribution in [0, 0.1) is 20.8 Å². The van der Waals surface area contributed by atoms with Crippen molar-refractivity contribution in [1.29, 1.82) is 0 Å². The van der Waals surface area contributed by atoms with Gasteiger partial charge in [0.2, 0.25) is 5.91 Å². The number of nitrogens with zero attached hydrogens (tertiary/aromatic N) is 3. The number of nitrogens with one attached hydrogen (secondary N) is 1. The molecule has 5 nitrogen and oxygen atoms in total. The van der Waals surface area contributed by atoms with Crippen molar-refractivity contribution in [2.45, 2.75) is 40.0 Å². The maximum Gasteiger partial charge on any atom is 0.220 e. The third-order valence-electron chi connectivity index (χ3n) is 5.65. The largest absolute Gasteiger partial charge is 0.356 e. The summed E-state index contributed by atoms with van der Waals surface area (Å²) in [6.45, 7) is 6.79. The van der Waals surface area contributed by atoms with Gasteiger partial charge in [-0.15, -0.1) is 0 Å². The first-order valence-electron chi connectivity index (χ1n) is 10.7. The Morgan fingerprint density at radius 3 is 2.55 bits per heavy atom. The summed E-state index contributed by atoms with van der Waals surface area (Å²) in [5.74, 6) is 0.0667. The maximum absolute atomic E-state index is 12.4. The fourth-order valence-electron chi connectivity index (χ4n) is 3.98. The summed E-state index contributed by atoms with van der Waals surface area (Å²) in [5, 5.41) is 7.80. The van der Waals surface area contributed by atoms with Crippen molar-refractivity contribution in [2.24, 2.45) is 0 Å². The molecule has 0 unspecified atom stereocenters. The average Bonchev–Trinajstić information content (AvgIpc) is 3.18. The lowest BCUT2D eigenvalue weighted by molar-refractivity contribution is -0.121. The third-order valence-corrected chi connectivity index (χ3v) is 5.65. The standard InChI is InChI=1S/C26H28N4O/c1-18-8-7-9-21(16-18)14-15-27-26(31)13-12-23-19(2)28-25-17-24(29-30(25)20(23)3)22-10-5-4-6-11-22/h4-11,16-17H,12-15H2,1-3H3,(H,27,31). The maximum atomic E-state index is 12.4. The van der Waals surface area contributed by atoms with Crippen LogP contribution in [0.1, 0.15) is 34.5 Å². The quantitative estimate of drug-likeness (QED) is 0.482. The van der Waals surface area contributed by atoms with E-state index in [0.29, 0.717) is 19.4 Å². The molecule has 158 valence electrons. The highest BCUT2D eigenvalue weighted by atomic mass is 16.1. The van der Waals surface area contributed by atoms with Gasteiger partial charge in [-0.2, -0.15) is 5.10 Å². The van der Waals surface area contributed by atoms with E-state index in [1.807, 2.05) is 47.8 Å². The molecule has 1 amide bonds. The van der Waals surface area contributed by atoms with Gasteiger partial charge in [-0.05, 0) is 44.7 Å². The van der Waals surface area contributed by atoms with Gasteiger partial charge in [0, 0.05) is 36.0 Å². The predicted octanol–water partition coefficient (Wildman–Crippen LogP) is 4.61. The number of hydrogen-bond acceptors (Lipinski definition) is 3. The zero-order chi connectivity index (χ0) is 21.8. The molecule has 1 N–H and O–H groups in total. The van der Waals surface area contributed by atoms with Gasteiger partial charge >= 0.3 is 0 Å². The number of aromatic nitrogens is 3. The van der Waals surface area contributed by atoms with E-state index in [-0.39, 0.29) is 5.91 Å². The number of amides is 1. The van der Waals surface area contributed by atoms with Crippen LogP contribution < -0.4 is 5.32 Å². The molecule has 2 heterocycles. The van der Waals surface area contributed by atoms with E-state index in [0.717, 1.165) is 40.3 Å². The van der Waals surface area contributed by atoms with Crippen LogP contribution in [0.2, 0.25) is 0 Å². The van der Waals surface area contributed by atoms with Crippen LogP contribution in [0.4, 0.5) is 0 Å². The summed E-state index contributed by atoms with van der Waals surface area (Å²) < 4.78 is 1.89. The Kier molecular flexibility index (Phi) is 6.12. The molecule has 0 aliphatic rings. The monoisotopic (exact) mass is 412 g/mol. The molecule has 0 aliphatic heterocycles. The van der Waals surface area contributed by atoms with Crippen LogP contribution in [0.5, 0.6) is 0 Å². The molecule has 0 aliphatic carbocycles. The molecule has 31 heavy (non-hydrogen) atoms. The van der Waals surface area contributed by atoms with Gasteiger partial charge in [-0.25, -0.2) is 9.50 Å². The van der Waals surface area contributed by atoms with Gasteiger partial charge in [0.25, 0.3) is 0 Å². The first-order valence-corrected chi connectivity index (χ1v) is 10.7. The van der Waals surface area contributed by atoms with Crippen LogP contribution in [0.3, 0.4) is 0 Å². The van der Waals surface area contributed by atoms with Gasteiger partial charge in [-0.1, -0.05) is 60.2 Å². The molecule has 0 radical (unpaired) electrons. The lowest BCUT2D eigenvalue weighted by atomic mass is 10.1. The lowest BCUT2D eigenvalue weighted by Gasteiger charge is -2.11. The molecule has 0 fully saturated rings. The predicted molar refractivity (Wildman–Crippen MR) is 124 cm³/mol. The summed E-state index contributed by atoms with van der Waals surface area (Å²) in [4.78, 5) is 17.1. The highest BCUT2D eigenvalue weighted by Crippen LogP contribution is 2.22. The van der Waals surface area contributed by atoms with Crippen molar-refractivity contribution >= 4 is 11.6 Å². The number of carbonyl (C=O) groups excluding carboxylic acids is 1. The first kappa shape index (κ1) is 20.8. The zero-order valence-corrected chi connectivity index (χ0v) is 18.4. The molecule has 0 atom stereocenters. The van der Waals surface area contributed by atoms with Gasteiger partial charge in [0.1, 0.15) is 0 Å². The number of fused-ring (bicyclic) bond motifs is 1. The number of carbonyl (C=O) groups is 1. The third kappa shape index (κ3) is 4.82. The van der Waals surface area contributed by atoms with Crippen molar-refractivity contribution in [3.05, 3.63) is 88.7 Å². The minimum absolute atomic E-state index is 0.0667.